The van der Waals surface area contributed by atoms with Crippen LogP contribution in [0.15, 0.2) is 18.2 Å². The lowest BCUT2D eigenvalue weighted by atomic mass is 9.93. The molecule has 8 heteroatoms. The molecule has 2 amide bonds. The Balaban J connectivity index is 1.78. The summed E-state index contributed by atoms with van der Waals surface area (Å²) >= 11 is 0. The molecule has 0 saturated heterocycles. The quantitative estimate of drug-likeness (QED) is 0.743. The first-order valence-corrected chi connectivity index (χ1v) is 11.5. The van der Waals surface area contributed by atoms with Crippen LogP contribution < -0.4 is 5.32 Å². The standard InChI is InChI=1S/C24H36N6O2/c1-16-12-13-19(14-17(16)2)22-26-28-29(27-22)15-21(31)30(20-10-8-7-9-11-20)18(3)23(32)25-24(4,5)6/h12-14,18,20H,7-11,15H2,1-6H3,(H,25,32). The molecule has 174 valence electrons. The largest absolute Gasteiger partial charge is 0.350 e. The summed E-state index contributed by atoms with van der Waals surface area (Å²) in [7, 11) is 0. The molecule has 0 bridgehead atoms. The first kappa shape index (κ1) is 23.9. The second-order valence-electron chi connectivity index (χ2n) is 9.95. The molecule has 32 heavy (non-hydrogen) atoms. The molecule has 8 nitrogen and oxygen atoms in total. The van der Waals surface area contributed by atoms with Gasteiger partial charge >= 0.3 is 0 Å². The molecule has 1 aliphatic rings. The Morgan fingerprint density at radius 2 is 1.84 bits per heavy atom. The maximum atomic E-state index is 13.4. The third-order valence-electron chi connectivity index (χ3n) is 6.05. The highest BCUT2D eigenvalue weighted by Gasteiger charge is 2.34. The van der Waals surface area contributed by atoms with Crippen LogP contribution in [0.25, 0.3) is 11.4 Å². The van der Waals surface area contributed by atoms with E-state index in [0.717, 1.165) is 36.8 Å². The lowest BCUT2D eigenvalue weighted by molar-refractivity contribution is -0.144. The first-order chi connectivity index (χ1) is 15.0. The Hall–Kier alpha value is -2.77. The van der Waals surface area contributed by atoms with Crippen molar-refractivity contribution < 1.29 is 9.59 Å². The third kappa shape index (κ3) is 5.93. The van der Waals surface area contributed by atoms with Crippen LogP contribution in [0.2, 0.25) is 0 Å². The highest BCUT2D eigenvalue weighted by Crippen LogP contribution is 2.25. The first-order valence-electron chi connectivity index (χ1n) is 11.5. The molecule has 1 unspecified atom stereocenters. The molecule has 2 aromatic rings. The van der Waals surface area contributed by atoms with Crippen molar-refractivity contribution in [3.8, 4) is 11.4 Å². The summed E-state index contributed by atoms with van der Waals surface area (Å²) in [6.07, 6.45) is 5.14. The van der Waals surface area contributed by atoms with Crippen LogP contribution in [-0.4, -0.2) is 54.5 Å². The topological polar surface area (TPSA) is 93.0 Å². The fourth-order valence-electron chi connectivity index (χ4n) is 4.20. The summed E-state index contributed by atoms with van der Waals surface area (Å²) in [5.74, 6) is 0.194. The second kappa shape index (κ2) is 9.79. The van der Waals surface area contributed by atoms with Gasteiger partial charge in [-0.05, 0) is 76.8 Å². The van der Waals surface area contributed by atoms with Crippen LogP contribution in [0.4, 0.5) is 0 Å². The van der Waals surface area contributed by atoms with Gasteiger partial charge in [-0.25, -0.2) is 0 Å². The highest BCUT2D eigenvalue weighted by molar-refractivity contribution is 5.87. The van der Waals surface area contributed by atoms with Crippen LogP contribution in [0.3, 0.4) is 0 Å². The lowest BCUT2D eigenvalue weighted by Gasteiger charge is -2.38. The number of tetrazole rings is 1. The summed E-state index contributed by atoms with van der Waals surface area (Å²) < 4.78 is 0. The average Bonchev–Trinajstić information content (AvgIpc) is 3.18. The highest BCUT2D eigenvalue weighted by atomic mass is 16.2. The van der Waals surface area contributed by atoms with Gasteiger partial charge in [-0.15, -0.1) is 10.2 Å². The van der Waals surface area contributed by atoms with Gasteiger partial charge in [-0.3, -0.25) is 9.59 Å². The molecule has 1 atom stereocenters. The summed E-state index contributed by atoms with van der Waals surface area (Å²) in [6.45, 7) is 11.7. The predicted octanol–water partition coefficient (Wildman–Crippen LogP) is 3.42. The Labute approximate surface area is 190 Å². The molecular formula is C24H36N6O2. The van der Waals surface area contributed by atoms with Gasteiger partial charge in [0.25, 0.3) is 0 Å². The van der Waals surface area contributed by atoms with E-state index in [4.69, 9.17) is 0 Å². The van der Waals surface area contributed by atoms with Gasteiger partial charge in [0.05, 0.1) is 0 Å². The Kier molecular flexibility index (Phi) is 7.31. The number of hydrogen-bond donors (Lipinski definition) is 1. The zero-order chi connectivity index (χ0) is 23.5. The minimum absolute atomic E-state index is 0.0402. The normalized spacial score (nSPS) is 15.9. The summed E-state index contributed by atoms with van der Waals surface area (Å²) in [6, 6.07) is 5.49. The number of carbonyl (C=O) groups excluding carboxylic acids is 2. The molecule has 1 saturated carbocycles. The van der Waals surface area contributed by atoms with Crippen molar-refractivity contribution in [3.05, 3.63) is 29.3 Å². The van der Waals surface area contributed by atoms with Gasteiger partial charge in [0.15, 0.2) is 0 Å². The molecule has 3 rings (SSSR count). The number of amides is 2. The molecule has 0 radical (unpaired) electrons. The number of aryl methyl sites for hydroxylation is 2. The van der Waals surface area contributed by atoms with Crippen LogP contribution in [0, 0.1) is 13.8 Å². The lowest BCUT2D eigenvalue weighted by Crippen LogP contribution is -2.56. The molecule has 1 aromatic heterocycles. The monoisotopic (exact) mass is 440 g/mol. The van der Waals surface area contributed by atoms with Crippen LogP contribution in [-0.2, 0) is 16.1 Å². The smallest absolute Gasteiger partial charge is 0.247 e. The number of nitrogens with one attached hydrogen (secondary N) is 1. The van der Waals surface area contributed by atoms with Crippen molar-refractivity contribution in [2.45, 2.75) is 97.8 Å². The Bertz CT molecular complexity index is 956. The molecule has 1 heterocycles. The summed E-state index contributed by atoms with van der Waals surface area (Å²) in [5.41, 5.74) is 2.86. The zero-order valence-corrected chi connectivity index (χ0v) is 20.2. The fourth-order valence-corrected chi connectivity index (χ4v) is 4.20. The van der Waals surface area contributed by atoms with E-state index in [1.165, 1.54) is 16.8 Å². The molecule has 1 aliphatic carbocycles. The second-order valence-corrected chi connectivity index (χ2v) is 9.95. The van der Waals surface area contributed by atoms with Crippen LogP contribution in [0.5, 0.6) is 0 Å². The van der Waals surface area contributed by atoms with Gasteiger partial charge in [-0.2, -0.15) is 4.80 Å². The average molecular weight is 441 g/mol. The number of benzene rings is 1. The number of hydrogen-bond acceptors (Lipinski definition) is 5. The van der Waals surface area contributed by atoms with Crippen molar-refractivity contribution >= 4 is 11.8 Å². The molecular weight excluding hydrogens is 404 g/mol. The SMILES string of the molecule is Cc1ccc(-c2nnn(CC(=O)N(C3CCCCC3)C(C)C(=O)NC(C)(C)C)n2)cc1C. The van der Waals surface area contributed by atoms with E-state index in [2.05, 4.69) is 27.7 Å². The van der Waals surface area contributed by atoms with Gasteiger partial charge in [0.2, 0.25) is 17.6 Å². The van der Waals surface area contributed by atoms with E-state index < -0.39 is 6.04 Å². The number of nitrogens with zero attached hydrogens (tertiary/aromatic N) is 5. The van der Waals surface area contributed by atoms with Gasteiger partial charge in [-0.1, -0.05) is 31.4 Å². The predicted molar refractivity (Wildman–Crippen MR) is 124 cm³/mol. The summed E-state index contributed by atoms with van der Waals surface area (Å²) in [5, 5.41) is 15.7. The Morgan fingerprint density at radius 3 is 2.47 bits per heavy atom. The molecule has 0 aliphatic heterocycles. The molecule has 1 fully saturated rings. The maximum Gasteiger partial charge on any atom is 0.247 e. The molecule has 1 aromatic carbocycles. The van der Waals surface area contributed by atoms with E-state index >= 15 is 0 Å². The third-order valence-corrected chi connectivity index (χ3v) is 6.05. The van der Waals surface area contributed by atoms with Crippen LogP contribution in [0.1, 0.15) is 70.9 Å². The number of carbonyl (C=O) groups is 2. The zero-order valence-electron chi connectivity index (χ0n) is 20.2. The van der Waals surface area contributed by atoms with E-state index in [1.807, 2.05) is 52.8 Å². The molecule has 1 N–H and O–H groups in total. The van der Waals surface area contributed by atoms with Gasteiger partial charge in [0.1, 0.15) is 12.6 Å². The summed E-state index contributed by atoms with van der Waals surface area (Å²) in [4.78, 5) is 29.4. The number of rotatable bonds is 6. The van der Waals surface area contributed by atoms with E-state index in [-0.39, 0.29) is 29.9 Å². The van der Waals surface area contributed by atoms with Gasteiger partial charge in [0, 0.05) is 17.1 Å². The van der Waals surface area contributed by atoms with Crippen molar-refractivity contribution in [2.24, 2.45) is 0 Å². The van der Waals surface area contributed by atoms with Crippen molar-refractivity contribution in [1.82, 2.24) is 30.4 Å². The van der Waals surface area contributed by atoms with Gasteiger partial charge < -0.3 is 10.2 Å². The van der Waals surface area contributed by atoms with E-state index in [9.17, 15) is 9.59 Å². The van der Waals surface area contributed by atoms with Crippen molar-refractivity contribution in [1.29, 1.82) is 0 Å². The van der Waals surface area contributed by atoms with Crippen LogP contribution >= 0.6 is 0 Å². The van der Waals surface area contributed by atoms with E-state index in [0.29, 0.717) is 5.82 Å². The minimum Gasteiger partial charge on any atom is -0.350 e. The number of aromatic nitrogens is 4. The van der Waals surface area contributed by atoms with E-state index in [1.54, 1.807) is 4.90 Å². The fraction of sp³-hybridized carbons (Fsp3) is 0.625. The molecule has 0 spiro atoms. The minimum atomic E-state index is -0.562. The van der Waals surface area contributed by atoms with Crippen molar-refractivity contribution in [2.75, 3.05) is 0 Å². The Morgan fingerprint density at radius 1 is 1.16 bits per heavy atom. The maximum absolute atomic E-state index is 13.4. The van der Waals surface area contributed by atoms with Crippen molar-refractivity contribution in [3.63, 3.8) is 0 Å².